The highest BCUT2D eigenvalue weighted by atomic mass is 16.5. The zero-order valence-corrected chi connectivity index (χ0v) is 15.5. The smallest absolute Gasteiger partial charge is 0.129 e. The van der Waals surface area contributed by atoms with Gasteiger partial charge in [0, 0.05) is 22.7 Å². The summed E-state index contributed by atoms with van der Waals surface area (Å²) in [6, 6.07) is 23.2. The molecular formula is C24H21NO2. The summed E-state index contributed by atoms with van der Waals surface area (Å²) < 4.78 is 11.5. The van der Waals surface area contributed by atoms with Gasteiger partial charge in [0.25, 0.3) is 0 Å². The van der Waals surface area contributed by atoms with Gasteiger partial charge in [-0.05, 0) is 48.4 Å². The van der Waals surface area contributed by atoms with Gasteiger partial charge in [-0.1, -0.05) is 42.0 Å². The molecular weight excluding hydrogens is 334 g/mol. The lowest BCUT2D eigenvalue weighted by Gasteiger charge is -2.36. The summed E-state index contributed by atoms with van der Waals surface area (Å²) in [6.07, 6.45) is 0. The Morgan fingerprint density at radius 1 is 1.00 bits per heavy atom. The Morgan fingerprint density at radius 3 is 2.63 bits per heavy atom. The molecule has 0 spiro atoms. The van der Waals surface area contributed by atoms with Gasteiger partial charge >= 0.3 is 0 Å². The van der Waals surface area contributed by atoms with E-state index in [1.54, 1.807) is 7.11 Å². The molecule has 5 rings (SSSR count). The predicted octanol–water partition coefficient (Wildman–Crippen LogP) is 5.36. The van der Waals surface area contributed by atoms with Crippen LogP contribution in [0.1, 0.15) is 28.2 Å². The topological polar surface area (TPSA) is 30.5 Å². The lowest BCUT2D eigenvalue weighted by Crippen LogP contribution is -2.25. The van der Waals surface area contributed by atoms with E-state index in [0.29, 0.717) is 6.61 Å². The number of benzene rings is 3. The van der Waals surface area contributed by atoms with Crippen molar-refractivity contribution >= 4 is 11.4 Å². The number of hydrogen-bond acceptors (Lipinski definition) is 3. The SMILES string of the molecule is COc1ccc(C2C3=C(Nc4ccc(C)cc42)c2ccccc2OC3)cc1. The van der Waals surface area contributed by atoms with Crippen LogP contribution < -0.4 is 14.8 Å². The molecule has 27 heavy (non-hydrogen) atoms. The van der Waals surface area contributed by atoms with Gasteiger partial charge in [0.2, 0.25) is 0 Å². The van der Waals surface area contributed by atoms with Crippen LogP contribution in [0.15, 0.2) is 72.3 Å². The second-order valence-corrected chi connectivity index (χ2v) is 7.11. The van der Waals surface area contributed by atoms with Crippen LogP contribution in [0.25, 0.3) is 5.70 Å². The molecule has 2 heterocycles. The van der Waals surface area contributed by atoms with Crippen molar-refractivity contribution in [2.24, 2.45) is 0 Å². The number of fused-ring (bicyclic) bond motifs is 3. The Labute approximate surface area is 159 Å². The van der Waals surface area contributed by atoms with Crippen LogP contribution in [-0.2, 0) is 0 Å². The first-order chi connectivity index (χ1) is 13.2. The van der Waals surface area contributed by atoms with Gasteiger partial charge in [0.05, 0.1) is 12.8 Å². The van der Waals surface area contributed by atoms with Gasteiger partial charge in [-0.25, -0.2) is 0 Å². The first-order valence-electron chi connectivity index (χ1n) is 9.21. The molecule has 1 N–H and O–H groups in total. The van der Waals surface area contributed by atoms with E-state index in [9.17, 15) is 0 Å². The molecule has 1 unspecified atom stereocenters. The fraction of sp³-hybridized carbons (Fsp3) is 0.167. The van der Waals surface area contributed by atoms with Crippen LogP contribution >= 0.6 is 0 Å². The Kier molecular flexibility index (Phi) is 3.68. The largest absolute Gasteiger partial charge is 0.497 e. The molecule has 0 aliphatic carbocycles. The molecule has 0 bridgehead atoms. The van der Waals surface area contributed by atoms with Crippen LogP contribution in [0, 0.1) is 6.92 Å². The summed E-state index contributed by atoms with van der Waals surface area (Å²) in [7, 11) is 1.70. The third-order valence-electron chi connectivity index (χ3n) is 5.44. The maximum absolute atomic E-state index is 6.11. The molecule has 0 aromatic heterocycles. The second-order valence-electron chi connectivity index (χ2n) is 7.11. The molecule has 0 saturated heterocycles. The van der Waals surface area contributed by atoms with Crippen molar-refractivity contribution in [3.05, 3.63) is 94.6 Å². The highest BCUT2D eigenvalue weighted by Crippen LogP contribution is 2.48. The average molecular weight is 355 g/mol. The second kappa shape index (κ2) is 6.20. The van der Waals surface area contributed by atoms with Crippen LogP contribution in [0.4, 0.5) is 5.69 Å². The number of methoxy groups -OCH3 is 1. The van der Waals surface area contributed by atoms with Crippen molar-refractivity contribution in [3.63, 3.8) is 0 Å². The molecule has 1 atom stereocenters. The third kappa shape index (κ3) is 2.58. The summed E-state index contributed by atoms with van der Waals surface area (Å²) in [5.41, 5.74) is 8.54. The van der Waals surface area contributed by atoms with E-state index >= 15 is 0 Å². The number of nitrogens with one attached hydrogen (secondary N) is 1. The normalized spacial score (nSPS) is 17.2. The monoisotopic (exact) mass is 355 g/mol. The maximum atomic E-state index is 6.11. The molecule has 0 saturated carbocycles. The van der Waals surface area contributed by atoms with E-state index in [0.717, 1.165) is 22.7 Å². The van der Waals surface area contributed by atoms with E-state index in [4.69, 9.17) is 9.47 Å². The molecule has 3 aromatic carbocycles. The van der Waals surface area contributed by atoms with Crippen molar-refractivity contribution < 1.29 is 9.47 Å². The standard InChI is InChI=1S/C24H21NO2/c1-15-7-12-21-19(13-15)23(16-8-10-17(26-2)11-9-16)20-14-27-22-6-4-3-5-18(22)24(20)25-21/h3-13,23,25H,14H2,1-2H3. The lowest BCUT2D eigenvalue weighted by atomic mass is 9.78. The molecule has 0 amide bonds. The number of ether oxygens (including phenoxy) is 2. The van der Waals surface area contributed by atoms with E-state index < -0.39 is 0 Å². The number of aryl methyl sites for hydroxylation is 1. The molecule has 3 heteroatoms. The van der Waals surface area contributed by atoms with Crippen molar-refractivity contribution in [1.82, 2.24) is 0 Å². The minimum atomic E-state index is 0.162. The summed E-state index contributed by atoms with van der Waals surface area (Å²) in [5.74, 6) is 1.97. The molecule has 0 radical (unpaired) electrons. The van der Waals surface area contributed by atoms with Gasteiger partial charge in [-0.2, -0.15) is 0 Å². The van der Waals surface area contributed by atoms with Gasteiger partial charge in [-0.15, -0.1) is 0 Å². The summed E-state index contributed by atoms with van der Waals surface area (Å²) in [6.45, 7) is 2.73. The maximum Gasteiger partial charge on any atom is 0.129 e. The highest BCUT2D eigenvalue weighted by molar-refractivity contribution is 5.89. The fourth-order valence-electron chi connectivity index (χ4n) is 4.11. The zero-order chi connectivity index (χ0) is 18.4. The molecule has 2 aliphatic rings. The van der Waals surface area contributed by atoms with Gasteiger partial charge < -0.3 is 14.8 Å². The van der Waals surface area contributed by atoms with Crippen LogP contribution in [0.5, 0.6) is 11.5 Å². The molecule has 3 aromatic rings. The van der Waals surface area contributed by atoms with E-state index in [-0.39, 0.29) is 5.92 Å². The van der Waals surface area contributed by atoms with Crippen LogP contribution in [0.3, 0.4) is 0 Å². The number of hydrogen-bond donors (Lipinski definition) is 1. The quantitative estimate of drug-likeness (QED) is 0.671. The van der Waals surface area contributed by atoms with Crippen molar-refractivity contribution in [2.75, 3.05) is 19.0 Å². The third-order valence-corrected chi connectivity index (χ3v) is 5.44. The van der Waals surface area contributed by atoms with E-state index in [2.05, 4.69) is 54.7 Å². The minimum absolute atomic E-state index is 0.162. The Balaban J connectivity index is 1.72. The first-order valence-corrected chi connectivity index (χ1v) is 9.21. The molecule has 3 nitrogen and oxygen atoms in total. The first kappa shape index (κ1) is 16.0. The van der Waals surface area contributed by atoms with Gasteiger partial charge in [0.15, 0.2) is 0 Å². The molecule has 0 fully saturated rings. The molecule has 2 aliphatic heterocycles. The lowest BCUT2D eigenvalue weighted by molar-refractivity contribution is 0.339. The minimum Gasteiger partial charge on any atom is -0.497 e. The van der Waals surface area contributed by atoms with Crippen molar-refractivity contribution in [3.8, 4) is 11.5 Å². The Bertz CT molecular complexity index is 1050. The zero-order valence-electron chi connectivity index (χ0n) is 15.5. The summed E-state index contributed by atoms with van der Waals surface area (Å²) in [5, 5.41) is 3.68. The average Bonchev–Trinajstić information content (AvgIpc) is 2.72. The number of anilines is 1. The number of para-hydroxylation sites is 1. The van der Waals surface area contributed by atoms with E-state index in [1.807, 2.05) is 24.3 Å². The van der Waals surface area contributed by atoms with Crippen molar-refractivity contribution in [2.45, 2.75) is 12.8 Å². The highest BCUT2D eigenvalue weighted by Gasteiger charge is 2.33. The Morgan fingerprint density at radius 2 is 1.81 bits per heavy atom. The van der Waals surface area contributed by atoms with Crippen LogP contribution in [-0.4, -0.2) is 13.7 Å². The predicted molar refractivity (Wildman–Crippen MR) is 108 cm³/mol. The fourth-order valence-corrected chi connectivity index (χ4v) is 4.11. The van der Waals surface area contributed by atoms with Gasteiger partial charge in [-0.3, -0.25) is 0 Å². The Hall–Kier alpha value is -3.20. The van der Waals surface area contributed by atoms with Crippen LogP contribution in [0.2, 0.25) is 0 Å². The number of rotatable bonds is 2. The van der Waals surface area contributed by atoms with Gasteiger partial charge in [0.1, 0.15) is 18.1 Å². The summed E-state index contributed by atoms with van der Waals surface area (Å²) >= 11 is 0. The molecule has 134 valence electrons. The summed E-state index contributed by atoms with van der Waals surface area (Å²) in [4.78, 5) is 0. The van der Waals surface area contributed by atoms with Crippen molar-refractivity contribution in [1.29, 1.82) is 0 Å². The van der Waals surface area contributed by atoms with E-state index in [1.165, 1.54) is 28.0 Å².